The monoisotopic (exact) mass is 212 g/mol. The van der Waals surface area contributed by atoms with E-state index in [0.29, 0.717) is 16.6 Å². The smallest absolute Gasteiger partial charge is 0.256 e. The van der Waals surface area contributed by atoms with Crippen molar-refractivity contribution in [3.05, 3.63) is 46.4 Å². The third-order valence-electron chi connectivity index (χ3n) is 2.65. The van der Waals surface area contributed by atoms with Gasteiger partial charge in [0.15, 0.2) is 6.29 Å². The van der Waals surface area contributed by atoms with Crippen molar-refractivity contribution >= 4 is 28.1 Å². The fourth-order valence-electron chi connectivity index (χ4n) is 1.94. The lowest BCUT2D eigenvalue weighted by molar-refractivity contribution is 0.112. The highest BCUT2D eigenvalue weighted by molar-refractivity contribution is 6.04. The molecular weight excluding hydrogens is 204 g/mol. The third kappa shape index (κ3) is 1.10. The van der Waals surface area contributed by atoms with Gasteiger partial charge in [-0.25, -0.2) is 0 Å². The Morgan fingerprint density at radius 1 is 1.06 bits per heavy atom. The topological polar surface area (TPSA) is 65.7 Å². The number of hydrogen-bond donors (Lipinski definition) is 2. The largest absolute Gasteiger partial charge is 0.351 e. The molecule has 2 N–H and O–H groups in total. The summed E-state index contributed by atoms with van der Waals surface area (Å²) in [7, 11) is 0. The molecule has 0 spiro atoms. The maximum absolute atomic E-state index is 11.7. The van der Waals surface area contributed by atoms with Gasteiger partial charge >= 0.3 is 0 Å². The zero-order chi connectivity index (χ0) is 11.1. The standard InChI is InChI=1S/C12H8N2O2/c15-6-7-5-10-11(13-7)8-3-1-2-4-9(8)12(16)14-10/h1-6,13H,(H,14,16). The molecule has 0 aliphatic carbocycles. The Morgan fingerprint density at radius 2 is 1.81 bits per heavy atom. The van der Waals surface area contributed by atoms with Gasteiger partial charge in [-0.15, -0.1) is 0 Å². The number of benzene rings is 1. The second-order valence-electron chi connectivity index (χ2n) is 3.63. The minimum absolute atomic E-state index is 0.139. The average molecular weight is 212 g/mol. The molecule has 0 bridgehead atoms. The summed E-state index contributed by atoms with van der Waals surface area (Å²) in [5.74, 6) is 0. The molecule has 4 heteroatoms. The van der Waals surface area contributed by atoms with Crippen molar-refractivity contribution in [1.29, 1.82) is 0 Å². The molecule has 0 saturated heterocycles. The van der Waals surface area contributed by atoms with Crippen molar-refractivity contribution in [2.45, 2.75) is 0 Å². The number of H-pyrrole nitrogens is 2. The molecule has 0 aliphatic rings. The Hall–Kier alpha value is -2.36. The first-order valence-corrected chi connectivity index (χ1v) is 4.88. The van der Waals surface area contributed by atoms with Gasteiger partial charge in [-0.1, -0.05) is 18.2 Å². The highest BCUT2D eigenvalue weighted by atomic mass is 16.1. The van der Waals surface area contributed by atoms with Gasteiger partial charge < -0.3 is 9.97 Å². The Morgan fingerprint density at radius 3 is 2.56 bits per heavy atom. The van der Waals surface area contributed by atoms with E-state index in [1.807, 2.05) is 18.2 Å². The van der Waals surface area contributed by atoms with Crippen LogP contribution in [0.4, 0.5) is 0 Å². The van der Waals surface area contributed by atoms with E-state index in [-0.39, 0.29) is 5.56 Å². The van der Waals surface area contributed by atoms with Crippen LogP contribution in [0, 0.1) is 0 Å². The molecular formula is C12H8N2O2. The van der Waals surface area contributed by atoms with Crippen LogP contribution in [0.25, 0.3) is 21.8 Å². The molecule has 0 radical (unpaired) electrons. The highest BCUT2D eigenvalue weighted by Crippen LogP contribution is 2.20. The zero-order valence-corrected chi connectivity index (χ0v) is 8.28. The van der Waals surface area contributed by atoms with Crippen molar-refractivity contribution in [2.24, 2.45) is 0 Å². The molecule has 2 aromatic heterocycles. The van der Waals surface area contributed by atoms with Crippen LogP contribution in [0.3, 0.4) is 0 Å². The van der Waals surface area contributed by atoms with E-state index in [1.54, 1.807) is 12.1 Å². The van der Waals surface area contributed by atoms with Gasteiger partial charge in [0.05, 0.1) is 16.7 Å². The lowest BCUT2D eigenvalue weighted by atomic mass is 10.1. The van der Waals surface area contributed by atoms with Crippen molar-refractivity contribution in [1.82, 2.24) is 9.97 Å². The summed E-state index contributed by atoms with van der Waals surface area (Å²) in [5.41, 5.74) is 1.77. The number of aromatic nitrogens is 2. The first-order valence-electron chi connectivity index (χ1n) is 4.88. The first kappa shape index (κ1) is 8.91. The van der Waals surface area contributed by atoms with Crippen LogP contribution in [-0.4, -0.2) is 16.3 Å². The average Bonchev–Trinajstić information content (AvgIpc) is 2.72. The highest BCUT2D eigenvalue weighted by Gasteiger charge is 2.07. The summed E-state index contributed by atoms with van der Waals surface area (Å²) >= 11 is 0. The predicted octanol–water partition coefficient (Wildman–Crippen LogP) is 1.82. The van der Waals surface area contributed by atoms with E-state index in [2.05, 4.69) is 9.97 Å². The first-order chi connectivity index (χ1) is 7.79. The lowest BCUT2D eigenvalue weighted by Crippen LogP contribution is -2.05. The number of aldehydes is 1. The molecule has 2 heterocycles. The molecule has 4 nitrogen and oxygen atoms in total. The van der Waals surface area contributed by atoms with E-state index in [0.717, 1.165) is 17.2 Å². The van der Waals surface area contributed by atoms with Gasteiger partial charge in [0.2, 0.25) is 0 Å². The number of rotatable bonds is 1. The molecule has 0 fully saturated rings. The Kier molecular flexibility index (Phi) is 1.71. The molecule has 3 rings (SSSR count). The van der Waals surface area contributed by atoms with E-state index >= 15 is 0 Å². The van der Waals surface area contributed by atoms with Gasteiger partial charge in [-0.05, 0) is 12.1 Å². The summed E-state index contributed by atoms with van der Waals surface area (Å²) < 4.78 is 0. The normalized spacial score (nSPS) is 11.0. The van der Waals surface area contributed by atoms with E-state index in [9.17, 15) is 9.59 Å². The van der Waals surface area contributed by atoms with E-state index < -0.39 is 0 Å². The second kappa shape index (κ2) is 3.06. The van der Waals surface area contributed by atoms with Crippen LogP contribution in [0.5, 0.6) is 0 Å². The molecule has 0 saturated carbocycles. The quantitative estimate of drug-likeness (QED) is 0.604. The molecule has 3 aromatic rings. The molecule has 78 valence electrons. The zero-order valence-electron chi connectivity index (χ0n) is 8.28. The van der Waals surface area contributed by atoms with Crippen LogP contribution in [0.1, 0.15) is 10.5 Å². The number of carbonyl (C=O) groups is 1. The summed E-state index contributed by atoms with van der Waals surface area (Å²) in [6.45, 7) is 0. The fourth-order valence-corrected chi connectivity index (χ4v) is 1.94. The Bertz CT molecular complexity index is 752. The van der Waals surface area contributed by atoms with Crippen molar-refractivity contribution < 1.29 is 4.79 Å². The molecule has 0 atom stereocenters. The van der Waals surface area contributed by atoms with Crippen molar-refractivity contribution in [2.75, 3.05) is 0 Å². The van der Waals surface area contributed by atoms with Crippen molar-refractivity contribution in [3.63, 3.8) is 0 Å². The van der Waals surface area contributed by atoms with Gasteiger partial charge in [0.1, 0.15) is 0 Å². The SMILES string of the molecule is O=Cc1cc2[nH]c(=O)c3ccccc3c2[nH]1. The number of fused-ring (bicyclic) bond motifs is 3. The summed E-state index contributed by atoms with van der Waals surface area (Å²) in [4.78, 5) is 28.1. The van der Waals surface area contributed by atoms with Gasteiger partial charge in [0.25, 0.3) is 5.56 Å². The molecule has 16 heavy (non-hydrogen) atoms. The van der Waals surface area contributed by atoms with Gasteiger partial charge in [0, 0.05) is 10.8 Å². The van der Waals surface area contributed by atoms with E-state index in [4.69, 9.17) is 0 Å². The van der Waals surface area contributed by atoms with Crippen LogP contribution in [-0.2, 0) is 0 Å². The molecule has 0 unspecified atom stereocenters. The van der Waals surface area contributed by atoms with Crippen LogP contribution in [0.2, 0.25) is 0 Å². The van der Waals surface area contributed by atoms with Gasteiger partial charge in [-0.3, -0.25) is 9.59 Å². The molecule has 0 aliphatic heterocycles. The summed E-state index contributed by atoms with van der Waals surface area (Å²) in [6.07, 6.45) is 0.729. The molecule has 1 aromatic carbocycles. The Balaban J connectivity index is 2.62. The minimum Gasteiger partial charge on any atom is -0.351 e. The lowest BCUT2D eigenvalue weighted by Gasteiger charge is -1.97. The number of aromatic amines is 2. The second-order valence-corrected chi connectivity index (χ2v) is 3.63. The summed E-state index contributed by atoms with van der Waals surface area (Å²) in [5, 5.41) is 1.45. The number of carbonyl (C=O) groups excluding carboxylic acids is 1. The fraction of sp³-hybridized carbons (Fsp3) is 0. The van der Waals surface area contributed by atoms with Gasteiger partial charge in [-0.2, -0.15) is 0 Å². The van der Waals surface area contributed by atoms with Crippen molar-refractivity contribution in [3.8, 4) is 0 Å². The Labute approximate surface area is 89.9 Å². The minimum atomic E-state index is -0.139. The van der Waals surface area contributed by atoms with Crippen LogP contribution >= 0.6 is 0 Å². The predicted molar refractivity (Wildman–Crippen MR) is 61.8 cm³/mol. The number of hydrogen-bond acceptors (Lipinski definition) is 2. The maximum Gasteiger partial charge on any atom is 0.256 e. The number of pyridine rings is 1. The van der Waals surface area contributed by atoms with Crippen LogP contribution < -0.4 is 5.56 Å². The molecule has 0 amide bonds. The third-order valence-corrected chi connectivity index (χ3v) is 2.65. The van der Waals surface area contributed by atoms with E-state index in [1.165, 1.54) is 0 Å². The number of nitrogens with one attached hydrogen (secondary N) is 2. The maximum atomic E-state index is 11.7. The summed E-state index contributed by atoms with van der Waals surface area (Å²) in [6, 6.07) is 8.93. The van der Waals surface area contributed by atoms with Crippen LogP contribution in [0.15, 0.2) is 35.1 Å².